The molecule has 18 heavy (non-hydrogen) atoms. The summed E-state index contributed by atoms with van der Waals surface area (Å²) in [4.78, 5) is 0. The largest absolute Gasteiger partial charge is 0.214 e. The zero-order valence-corrected chi connectivity index (χ0v) is 12.7. The molecule has 5 heteroatoms. The molecule has 0 aromatic heterocycles. The third kappa shape index (κ3) is 3.56. The smallest absolute Gasteiger partial charge is 0.212 e. The quantitative estimate of drug-likeness (QED) is 0.776. The molecule has 0 saturated carbocycles. The Labute approximate surface area is 117 Å². The fourth-order valence-corrected chi connectivity index (χ4v) is 4.30. The summed E-state index contributed by atoms with van der Waals surface area (Å²) in [6.45, 7) is 1.34. The fourth-order valence-electron chi connectivity index (χ4n) is 2.20. The number of hydrogen-bond donors (Lipinski definition) is 0. The first-order chi connectivity index (χ1) is 8.62. The molecular weight excluding hydrogens is 314 g/mol. The fraction of sp³-hybridized carbons (Fsp3) is 0.538. The van der Waals surface area contributed by atoms with Crippen LogP contribution in [0.4, 0.5) is 0 Å². The van der Waals surface area contributed by atoms with E-state index in [0.29, 0.717) is 25.4 Å². The monoisotopic (exact) mass is 331 g/mol. The molecule has 0 bridgehead atoms. The molecule has 0 spiro atoms. The summed E-state index contributed by atoms with van der Waals surface area (Å²) in [5.74, 6) is 0.683. The van der Waals surface area contributed by atoms with Crippen LogP contribution in [-0.4, -0.2) is 36.9 Å². The highest BCUT2D eigenvalue weighted by Gasteiger charge is 2.30. The maximum Gasteiger partial charge on any atom is 0.214 e. The second-order valence-electron chi connectivity index (χ2n) is 4.72. The predicted molar refractivity (Wildman–Crippen MR) is 77.4 cm³/mol. The van der Waals surface area contributed by atoms with E-state index in [-0.39, 0.29) is 5.75 Å². The molecule has 1 heterocycles. The summed E-state index contributed by atoms with van der Waals surface area (Å²) in [6.07, 6.45) is 1.56. The van der Waals surface area contributed by atoms with Gasteiger partial charge in [-0.05, 0) is 24.3 Å². The number of rotatable bonds is 5. The van der Waals surface area contributed by atoms with Crippen molar-refractivity contribution in [1.82, 2.24) is 4.31 Å². The van der Waals surface area contributed by atoms with Crippen LogP contribution in [0.1, 0.15) is 12.0 Å². The Morgan fingerprint density at radius 2 is 2.00 bits per heavy atom. The molecule has 1 atom stereocenters. The van der Waals surface area contributed by atoms with Crippen molar-refractivity contribution in [2.24, 2.45) is 5.92 Å². The molecule has 1 saturated heterocycles. The first kappa shape index (κ1) is 14.0. The van der Waals surface area contributed by atoms with Crippen molar-refractivity contribution in [2.75, 3.05) is 24.2 Å². The normalized spacial score (nSPS) is 21.3. The Kier molecular flexibility index (Phi) is 4.81. The topological polar surface area (TPSA) is 37.4 Å². The third-order valence-electron chi connectivity index (χ3n) is 3.35. The molecule has 1 aliphatic rings. The molecule has 1 aliphatic heterocycles. The molecular formula is C13H18BrNO2S. The summed E-state index contributed by atoms with van der Waals surface area (Å²) < 4.78 is 26.0. The molecule has 1 unspecified atom stereocenters. The molecule has 1 fully saturated rings. The molecule has 0 N–H and O–H groups in total. The summed E-state index contributed by atoms with van der Waals surface area (Å²) in [6, 6.07) is 9.78. The number of sulfonamides is 1. The van der Waals surface area contributed by atoms with Crippen molar-refractivity contribution in [1.29, 1.82) is 0 Å². The highest BCUT2D eigenvalue weighted by molar-refractivity contribution is 9.09. The van der Waals surface area contributed by atoms with Crippen LogP contribution in [0.5, 0.6) is 0 Å². The SMILES string of the molecule is O=S(=O)(CCc1ccccc1)N1CCC(CBr)C1. The van der Waals surface area contributed by atoms with Crippen molar-refractivity contribution in [2.45, 2.75) is 12.8 Å². The van der Waals surface area contributed by atoms with Crippen molar-refractivity contribution in [3.05, 3.63) is 35.9 Å². The van der Waals surface area contributed by atoms with Crippen molar-refractivity contribution in [3.63, 3.8) is 0 Å². The van der Waals surface area contributed by atoms with Crippen molar-refractivity contribution < 1.29 is 8.42 Å². The summed E-state index contributed by atoms with van der Waals surface area (Å²) in [5, 5.41) is 0.887. The number of halogens is 1. The molecule has 0 aliphatic carbocycles. The van der Waals surface area contributed by atoms with Crippen LogP contribution in [0.15, 0.2) is 30.3 Å². The van der Waals surface area contributed by atoms with Gasteiger partial charge in [-0.1, -0.05) is 46.3 Å². The highest BCUT2D eigenvalue weighted by Crippen LogP contribution is 2.21. The van der Waals surface area contributed by atoms with E-state index in [1.54, 1.807) is 4.31 Å². The second kappa shape index (κ2) is 6.17. The number of benzene rings is 1. The Balaban J connectivity index is 1.92. The van der Waals surface area contributed by atoms with Crippen LogP contribution < -0.4 is 0 Å². The predicted octanol–water partition coefficient (Wildman–Crippen LogP) is 2.28. The Hall–Kier alpha value is -0.390. The summed E-state index contributed by atoms with van der Waals surface area (Å²) >= 11 is 3.42. The number of nitrogens with zero attached hydrogens (tertiary/aromatic N) is 1. The van der Waals surface area contributed by atoms with E-state index in [9.17, 15) is 8.42 Å². The average molecular weight is 332 g/mol. The Morgan fingerprint density at radius 1 is 1.28 bits per heavy atom. The van der Waals surface area contributed by atoms with Gasteiger partial charge in [-0.3, -0.25) is 0 Å². The third-order valence-corrected chi connectivity index (χ3v) is 6.11. The van der Waals surface area contributed by atoms with Gasteiger partial charge in [-0.25, -0.2) is 12.7 Å². The van der Waals surface area contributed by atoms with E-state index in [1.807, 2.05) is 30.3 Å². The summed E-state index contributed by atoms with van der Waals surface area (Å²) in [5.41, 5.74) is 1.08. The molecule has 3 nitrogen and oxygen atoms in total. The first-order valence-electron chi connectivity index (χ1n) is 6.19. The van der Waals surface area contributed by atoms with Gasteiger partial charge in [-0.2, -0.15) is 0 Å². The molecule has 0 radical (unpaired) electrons. The molecule has 0 amide bonds. The van der Waals surface area contributed by atoms with Crippen LogP contribution in [0.3, 0.4) is 0 Å². The molecule has 1 aromatic rings. The lowest BCUT2D eigenvalue weighted by Crippen LogP contribution is -2.31. The summed E-state index contributed by atoms with van der Waals surface area (Å²) in [7, 11) is -3.09. The number of aryl methyl sites for hydroxylation is 1. The molecule has 2 rings (SSSR count). The van der Waals surface area contributed by atoms with Gasteiger partial charge in [0.05, 0.1) is 5.75 Å². The van der Waals surface area contributed by atoms with E-state index < -0.39 is 10.0 Å². The van der Waals surface area contributed by atoms with Gasteiger partial charge in [0.2, 0.25) is 10.0 Å². The number of alkyl halides is 1. The second-order valence-corrected chi connectivity index (χ2v) is 7.45. The average Bonchev–Trinajstić information content (AvgIpc) is 2.87. The lowest BCUT2D eigenvalue weighted by Gasteiger charge is -2.16. The van der Waals surface area contributed by atoms with Crippen LogP contribution in [-0.2, 0) is 16.4 Å². The van der Waals surface area contributed by atoms with Crippen molar-refractivity contribution >= 4 is 26.0 Å². The first-order valence-corrected chi connectivity index (χ1v) is 8.92. The lowest BCUT2D eigenvalue weighted by atomic mass is 10.2. The van der Waals surface area contributed by atoms with Gasteiger partial charge in [0.25, 0.3) is 0 Å². The Bertz CT molecular complexity index is 475. The molecule has 100 valence electrons. The van der Waals surface area contributed by atoms with Crippen LogP contribution in [0, 0.1) is 5.92 Å². The van der Waals surface area contributed by atoms with E-state index >= 15 is 0 Å². The van der Waals surface area contributed by atoms with Gasteiger partial charge in [0, 0.05) is 18.4 Å². The highest BCUT2D eigenvalue weighted by atomic mass is 79.9. The van der Waals surface area contributed by atoms with E-state index in [4.69, 9.17) is 0 Å². The van der Waals surface area contributed by atoms with Gasteiger partial charge in [0.1, 0.15) is 0 Å². The lowest BCUT2D eigenvalue weighted by molar-refractivity contribution is 0.465. The van der Waals surface area contributed by atoms with Gasteiger partial charge < -0.3 is 0 Å². The Morgan fingerprint density at radius 3 is 2.61 bits per heavy atom. The van der Waals surface area contributed by atoms with Gasteiger partial charge in [-0.15, -0.1) is 0 Å². The van der Waals surface area contributed by atoms with Crippen LogP contribution in [0.25, 0.3) is 0 Å². The zero-order valence-electron chi connectivity index (χ0n) is 10.3. The van der Waals surface area contributed by atoms with E-state index in [1.165, 1.54) is 0 Å². The standard InChI is InChI=1S/C13H18BrNO2S/c14-10-13-6-8-15(11-13)18(16,17)9-7-12-4-2-1-3-5-12/h1-5,13H,6-11H2. The maximum atomic E-state index is 12.2. The van der Waals surface area contributed by atoms with Crippen LogP contribution >= 0.6 is 15.9 Å². The minimum atomic E-state index is -3.09. The van der Waals surface area contributed by atoms with Crippen LogP contribution in [0.2, 0.25) is 0 Å². The maximum absolute atomic E-state index is 12.2. The molecule has 1 aromatic carbocycles. The van der Waals surface area contributed by atoms with Gasteiger partial charge >= 0.3 is 0 Å². The zero-order chi connectivity index (χ0) is 13.0. The number of hydrogen-bond acceptors (Lipinski definition) is 2. The van der Waals surface area contributed by atoms with Crippen molar-refractivity contribution in [3.8, 4) is 0 Å². The minimum absolute atomic E-state index is 0.214. The minimum Gasteiger partial charge on any atom is -0.212 e. The van der Waals surface area contributed by atoms with Gasteiger partial charge in [0.15, 0.2) is 0 Å². The van der Waals surface area contributed by atoms with E-state index in [0.717, 1.165) is 17.3 Å². The van der Waals surface area contributed by atoms with E-state index in [2.05, 4.69) is 15.9 Å².